The molecule has 8 nitrogen and oxygen atoms in total. The van der Waals surface area contributed by atoms with Crippen molar-refractivity contribution in [2.75, 3.05) is 78.5 Å². The fraction of sp³-hybridized carbons (Fsp3) is 1.00. The van der Waals surface area contributed by atoms with Gasteiger partial charge in [-0.15, -0.1) is 6.10 Å². The third-order valence-corrected chi connectivity index (χ3v) is 5.01. The molecular weight excluding hydrogens is 416 g/mol. The van der Waals surface area contributed by atoms with Gasteiger partial charge in [0.15, 0.2) is 0 Å². The maximum absolute atomic E-state index is 11.8. The number of hydrogen-bond donors (Lipinski definition) is 3. The van der Waals surface area contributed by atoms with Crippen LogP contribution in [0.15, 0.2) is 0 Å². The van der Waals surface area contributed by atoms with Crippen LogP contribution < -0.4 is 5.11 Å². The van der Waals surface area contributed by atoms with Crippen molar-refractivity contribution in [2.45, 2.75) is 52.1 Å². The van der Waals surface area contributed by atoms with Gasteiger partial charge in [0.2, 0.25) is 0 Å². The minimum atomic E-state index is -0.634. The Morgan fingerprint density at radius 3 is 0.931 bits per heavy atom. The van der Waals surface area contributed by atoms with Crippen LogP contribution in [0.3, 0.4) is 0 Å². The molecule has 0 aromatic rings. The Morgan fingerprint density at radius 1 is 0.552 bits per heavy atom. The number of nitrogens with zero attached hydrogens (tertiary/aromatic N) is 4. The van der Waals surface area contributed by atoms with Crippen molar-refractivity contribution >= 4 is 0 Å². The molecule has 1 saturated heterocycles. The Morgan fingerprint density at radius 2 is 0.759 bits per heavy atom. The predicted molar refractivity (Wildman–Crippen MR) is 110 cm³/mol. The summed E-state index contributed by atoms with van der Waals surface area (Å²) in [4.78, 5) is 8.96. The topological polar surface area (TPSA) is 96.7 Å². The normalized spacial score (nSPS) is 24.0. The average molecular weight is 459 g/mol. The zero-order valence-electron chi connectivity index (χ0n) is 18.7. The molecule has 173 valence electrons. The van der Waals surface area contributed by atoms with Crippen LogP contribution in [0.2, 0.25) is 0 Å². The van der Waals surface area contributed by atoms with Crippen molar-refractivity contribution in [3.8, 4) is 0 Å². The van der Waals surface area contributed by atoms with Crippen molar-refractivity contribution in [1.29, 1.82) is 0 Å². The van der Waals surface area contributed by atoms with Crippen LogP contribution in [-0.2, 0) is 17.1 Å². The van der Waals surface area contributed by atoms with Crippen molar-refractivity contribution < 1.29 is 37.5 Å². The Bertz CT molecular complexity index is 315. The van der Waals surface area contributed by atoms with Gasteiger partial charge in [-0.3, -0.25) is 14.7 Å². The van der Waals surface area contributed by atoms with E-state index in [0.29, 0.717) is 26.2 Å². The van der Waals surface area contributed by atoms with E-state index < -0.39 is 24.4 Å². The molecular formula is C20H43FeN4O4+2. The third kappa shape index (κ3) is 14.8. The zero-order valence-corrected chi connectivity index (χ0v) is 19.8. The summed E-state index contributed by atoms with van der Waals surface area (Å²) in [6.45, 7) is 15.9. The molecule has 1 aliphatic rings. The van der Waals surface area contributed by atoms with Gasteiger partial charge in [-0.2, -0.15) is 0 Å². The molecule has 1 rings (SSSR count). The van der Waals surface area contributed by atoms with E-state index in [1.165, 1.54) is 0 Å². The quantitative estimate of drug-likeness (QED) is 0.363. The van der Waals surface area contributed by atoms with Gasteiger partial charge in [0.05, 0.1) is 18.3 Å². The molecule has 0 spiro atoms. The molecule has 0 aliphatic carbocycles. The van der Waals surface area contributed by atoms with E-state index in [0.717, 1.165) is 52.4 Å². The van der Waals surface area contributed by atoms with Crippen LogP contribution in [0.1, 0.15) is 27.7 Å². The molecule has 9 heteroatoms. The summed E-state index contributed by atoms with van der Waals surface area (Å²) in [6, 6.07) is 0. The van der Waals surface area contributed by atoms with Crippen LogP contribution in [0.5, 0.6) is 0 Å². The van der Waals surface area contributed by atoms with Crippen LogP contribution >= 0.6 is 0 Å². The Hall–Kier alpha value is 0.199. The van der Waals surface area contributed by atoms with Gasteiger partial charge in [0.25, 0.3) is 0 Å². The van der Waals surface area contributed by atoms with E-state index in [-0.39, 0.29) is 17.1 Å². The largest absolute Gasteiger partial charge is 3.00 e. The number of rotatable bonds is 8. The van der Waals surface area contributed by atoms with Gasteiger partial charge in [0.1, 0.15) is 0 Å². The van der Waals surface area contributed by atoms with Gasteiger partial charge < -0.3 is 25.3 Å². The van der Waals surface area contributed by atoms with Crippen molar-refractivity contribution in [1.82, 2.24) is 19.6 Å². The molecule has 0 bridgehead atoms. The van der Waals surface area contributed by atoms with E-state index in [1.807, 2.05) is 0 Å². The van der Waals surface area contributed by atoms with Crippen molar-refractivity contribution in [3.05, 3.63) is 0 Å². The predicted octanol–water partition coefficient (Wildman–Crippen LogP) is -1.90. The Kier molecular flexibility index (Phi) is 16.0. The molecule has 0 amide bonds. The monoisotopic (exact) mass is 459 g/mol. The van der Waals surface area contributed by atoms with E-state index in [9.17, 15) is 20.4 Å². The molecule has 1 aliphatic heterocycles. The van der Waals surface area contributed by atoms with Gasteiger partial charge in [0, 0.05) is 72.0 Å². The van der Waals surface area contributed by atoms with E-state index >= 15 is 0 Å². The first-order valence-corrected chi connectivity index (χ1v) is 10.7. The zero-order chi connectivity index (χ0) is 21.1. The second-order valence-corrected chi connectivity index (χ2v) is 8.56. The van der Waals surface area contributed by atoms with Crippen LogP contribution in [-0.4, -0.2) is 138 Å². The minimum absolute atomic E-state index is 0. The fourth-order valence-electron chi connectivity index (χ4n) is 3.79. The molecule has 1 heterocycles. The number of hydrogen-bond acceptors (Lipinski definition) is 8. The summed E-state index contributed by atoms with van der Waals surface area (Å²) < 4.78 is 0. The van der Waals surface area contributed by atoms with E-state index in [2.05, 4.69) is 19.6 Å². The van der Waals surface area contributed by atoms with Gasteiger partial charge >= 0.3 is 17.1 Å². The molecule has 0 saturated carbocycles. The molecule has 1 radical (unpaired) electrons. The molecule has 0 aromatic heterocycles. The molecule has 0 aromatic carbocycles. The van der Waals surface area contributed by atoms with Crippen LogP contribution in [0, 0.1) is 0 Å². The van der Waals surface area contributed by atoms with Crippen molar-refractivity contribution in [2.24, 2.45) is 0 Å². The van der Waals surface area contributed by atoms with Crippen LogP contribution in [0.4, 0.5) is 0 Å². The molecule has 3 N–H and O–H groups in total. The Balaban J connectivity index is 0.00000784. The number of aliphatic hydroxyl groups is 3. The van der Waals surface area contributed by atoms with Gasteiger partial charge in [-0.05, 0) is 27.3 Å². The Labute approximate surface area is 187 Å². The van der Waals surface area contributed by atoms with E-state index in [1.54, 1.807) is 27.7 Å². The summed E-state index contributed by atoms with van der Waals surface area (Å²) in [7, 11) is 0. The number of aliphatic hydroxyl groups excluding tert-OH is 3. The number of β-amino-alcohol motifs (C(OH)–C–C–N with tert-alkyl or cyclic N) is 3. The first-order valence-electron chi connectivity index (χ1n) is 10.7. The second kappa shape index (κ2) is 15.9. The summed E-state index contributed by atoms with van der Waals surface area (Å²) in [5.74, 6) is 0. The standard InChI is InChI=1S/C20H43N4O4.Fe/c1-17(25)13-21-5-7-22(14-18(2)26)9-11-24(16-20(4)28)12-10-23(8-6-21)15-19(3)27;/h17-20,25-27H,5-16H2,1-4H3;/q-1;+3/t17-,18-,19-,20-;/m0./s1. The van der Waals surface area contributed by atoms with Crippen molar-refractivity contribution in [3.63, 3.8) is 0 Å². The molecule has 0 unspecified atom stereocenters. The summed E-state index contributed by atoms with van der Waals surface area (Å²) >= 11 is 0. The van der Waals surface area contributed by atoms with Gasteiger partial charge in [-0.1, -0.05) is 6.92 Å². The maximum Gasteiger partial charge on any atom is 3.00 e. The van der Waals surface area contributed by atoms with Crippen LogP contribution in [0.25, 0.3) is 0 Å². The smallest absolute Gasteiger partial charge is 0.851 e. The van der Waals surface area contributed by atoms with E-state index in [4.69, 9.17) is 0 Å². The summed E-state index contributed by atoms with van der Waals surface area (Å²) in [5.41, 5.74) is 0. The third-order valence-electron chi connectivity index (χ3n) is 5.01. The van der Waals surface area contributed by atoms with Gasteiger partial charge in [-0.25, -0.2) is 0 Å². The fourth-order valence-corrected chi connectivity index (χ4v) is 3.79. The average Bonchev–Trinajstić information content (AvgIpc) is 2.55. The molecule has 29 heavy (non-hydrogen) atoms. The first-order chi connectivity index (χ1) is 13.2. The first kappa shape index (κ1) is 29.2. The summed E-state index contributed by atoms with van der Waals surface area (Å²) in [6.07, 6.45) is -1.82. The minimum Gasteiger partial charge on any atom is -0.851 e. The maximum atomic E-state index is 11.8. The molecule has 4 atom stereocenters. The SMILES string of the molecule is C[C@H]([O-])CN1CCN(C[C@H](C)O)CCN(C[C@H](C)O)CCN(C[C@H](C)O)CC1.[Fe+3]. The second-order valence-electron chi connectivity index (χ2n) is 8.56. The molecule has 1 fully saturated rings. The summed E-state index contributed by atoms with van der Waals surface area (Å²) in [5, 5.41) is 41.3.